The van der Waals surface area contributed by atoms with Crippen LogP contribution in [0.3, 0.4) is 0 Å². The first kappa shape index (κ1) is 21.1. The first-order chi connectivity index (χ1) is 15.3. The fourth-order valence-electron chi connectivity index (χ4n) is 3.98. The average Bonchev–Trinajstić information content (AvgIpc) is 3.42. The van der Waals surface area contributed by atoms with Crippen molar-refractivity contribution in [3.05, 3.63) is 45.4 Å². The molecule has 0 spiro atoms. The molecule has 2 aromatic heterocycles. The second kappa shape index (κ2) is 7.99. The highest BCUT2D eigenvalue weighted by molar-refractivity contribution is 7.89. The Morgan fingerprint density at radius 1 is 1.25 bits per heavy atom. The number of amides is 1. The number of aromatic nitrogens is 2. The number of hydrogen-bond donors (Lipinski definition) is 3. The lowest BCUT2D eigenvalue weighted by Gasteiger charge is -2.33. The summed E-state index contributed by atoms with van der Waals surface area (Å²) in [4.78, 5) is 22.9. The lowest BCUT2D eigenvalue weighted by molar-refractivity contribution is 0.0696. The molecular weight excluding hydrogens is 450 g/mol. The average molecular weight is 472 g/mol. The molecule has 1 unspecified atom stereocenters. The van der Waals surface area contributed by atoms with Crippen LogP contribution in [0.15, 0.2) is 29.3 Å². The van der Waals surface area contributed by atoms with E-state index in [4.69, 9.17) is 6.42 Å². The molecule has 11 heteroatoms. The van der Waals surface area contributed by atoms with E-state index in [1.54, 1.807) is 29.2 Å². The van der Waals surface area contributed by atoms with Crippen LogP contribution in [0.1, 0.15) is 25.9 Å². The van der Waals surface area contributed by atoms with Crippen molar-refractivity contribution < 1.29 is 18.3 Å². The summed E-state index contributed by atoms with van der Waals surface area (Å²) in [5.74, 6) is 2.34. The fourth-order valence-corrected chi connectivity index (χ4v) is 6.42. The van der Waals surface area contributed by atoms with Crippen LogP contribution in [0.25, 0.3) is 10.9 Å². The number of aromatic amines is 1. The minimum atomic E-state index is -3.73. The molecule has 1 atom stereocenters. The molecule has 2 aliphatic rings. The SMILES string of the molecule is C#Cc1ccc2[nH]c(S(=O)(=O)N3CCN(C(=O)c4nc5c(s4)CNC(O)C5)CC3)cc2c1. The van der Waals surface area contributed by atoms with E-state index >= 15 is 0 Å². The number of piperazine rings is 1. The van der Waals surface area contributed by atoms with Crippen LogP contribution in [0.5, 0.6) is 0 Å². The van der Waals surface area contributed by atoms with Crippen molar-refractivity contribution in [3.8, 4) is 12.3 Å². The van der Waals surface area contributed by atoms with Crippen LogP contribution in [-0.4, -0.2) is 71.0 Å². The van der Waals surface area contributed by atoms with Gasteiger partial charge in [-0.05, 0) is 24.3 Å². The van der Waals surface area contributed by atoms with Crippen LogP contribution < -0.4 is 5.32 Å². The number of terminal acetylenes is 1. The van der Waals surface area contributed by atoms with Gasteiger partial charge in [0.1, 0.15) is 11.3 Å². The van der Waals surface area contributed by atoms with Crippen LogP contribution >= 0.6 is 11.3 Å². The number of aliphatic hydroxyl groups excluding tert-OH is 1. The predicted molar refractivity (Wildman–Crippen MR) is 120 cm³/mol. The van der Waals surface area contributed by atoms with Crippen LogP contribution in [0.4, 0.5) is 0 Å². The number of benzene rings is 1. The smallest absolute Gasteiger partial charge is 0.282 e. The van der Waals surface area contributed by atoms with E-state index in [0.717, 1.165) is 16.0 Å². The number of fused-ring (bicyclic) bond motifs is 2. The Labute approximate surface area is 189 Å². The van der Waals surface area contributed by atoms with Crippen LogP contribution in [0.2, 0.25) is 0 Å². The number of rotatable bonds is 3. The van der Waals surface area contributed by atoms with Gasteiger partial charge in [-0.15, -0.1) is 17.8 Å². The van der Waals surface area contributed by atoms with Gasteiger partial charge in [0.15, 0.2) is 5.01 Å². The molecule has 3 aromatic rings. The Kier molecular flexibility index (Phi) is 5.27. The molecule has 0 radical (unpaired) electrons. The quantitative estimate of drug-likeness (QED) is 0.485. The summed E-state index contributed by atoms with van der Waals surface area (Å²) in [6.07, 6.45) is 5.15. The predicted octanol–water partition coefficient (Wildman–Crippen LogP) is 0.717. The Balaban J connectivity index is 1.29. The molecule has 0 bridgehead atoms. The van der Waals surface area contributed by atoms with E-state index in [-0.39, 0.29) is 37.1 Å². The molecule has 3 N–H and O–H groups in total. The lowest BCUT2D eigenvalue weighted by Crippen LogP contribution is -2.50. The summed E-state index contributed by atoms with van der Waals surface area (Å²) in [5.41, 5.74) is 2.13. The Bertz CT molecular complexity index is 1350. The van der Waals surface area contributed by atoms with Gasteiger partial charge in [-0.25, -0.2) is 13.4 Å². The summed E-state index contributed by atoms with van der Waals surface area (Å²) in [6, 6.07) is 6.88. The molecule has 166 valence electrons. The molecule has 2 aliphatic heterocycles. The molecule has 9 nitrogen and oxygen atoms in total. The van der Waals surface area contributed by atoms with Crippen molar-refractivity contribution in [2.45, 2.75) is 24.2 Å². The van der Waals surface area contributed by atoms with E-state index in [9.17, 15) is 18.3 Å². The molecule has 4 heterocycles. The number of aliphatic hydroxyl groups is 1. The Morgan fingerprint density at radius 2 is 2.03 bits per heavy atom. The summed E-state index contributed by atoms with van der Waals surface area (Å²) in [5, 5.41) is 13.9. The highest BCUT2D eigenvalue weighted by Crippen LogP contribution is 2.26. The van der Waals surface area contributed by atoms with E-state index in [2.05, 4.69) is 21.2 Å². The number of nitrogens with one attached hydrogen (secondary N) is 2. The van der Waals surface area contributed by atoms with Gasteiger partial charge in [0.05, 0.1) is 5.69 Å². The summed E-state index contributed by atoms with van der Waals surface area (Å²) in [6.45, 7) is 1.45. The van der Waals surface area contributed by atoms with Gasteiger partial charge < -0.3 is 15.0 Å². The van der Waals surface area contributed by atoms with Crippen molar-refractivity contribution >= 4 is 38.2 Å². The number of carbonyl (C=O) groups is 1. The topological polar surface area (TPSA) is 119 Å². The Hall–Kier alpha value is -2.75. The van der Waals surface area contributed by atoms with Crippen molar-refractivity contribution in [2.75, 3.05) is 26.2 Å². The van der Waals surface area contributed by atoms with Gasteiger partial charge in [0.2, 0.25) is 0 Å². The molecule has 1 fully saturated rings. The zero-order valence-corrected chi connectivity index (χ0v) is 18.7. The molecule has 32 heavy (non-hydrogen) atoms. The van der Waals surface area contributed by atoms with E-state index in [1.165, 1.54) is 15.6 Å². The monoisotopic (exact) mass is 471 g/mol. The maximum atomic E-state index is 13.1. The maximum Gasteiger partial charge on any atom is 0.282 e. The molecular formula is C21H21N5O4S2. The number of H-pyrrole nitrogens is 1. The zero-order chi connectivity index (χ0) is 22.5. The van der Waals surface area contributed by atoms with E-state index in [1.807, 2.05) is 0 Å². The molecule has 5 rings (SSSR count). The largest absolute Gasteiger partial charge is 0.378 e. The Morgan fingerprint density at radius 3 is 2.78 bits per heavy atom. The molecule has 0 saturated carbocycles. The highest BCUT2D eigenvalue weighted by atomic mass is 32.2. The second-order valence-corrected chi connectivity index (χ2v) is 10.8. The third kappa shape index (κ3) is 3.70. The minimum Gasteiger partial charge on any atom is -0.378 e. The molecule has 0 aliphatic carbocycles. The van der Waals surface area contributed by atoms with Crippen molar-refractivity contribution in [3.63, 3.8) is 0 Å². The molecule has 1 saturated heterocycles. The standard InChI is InChI=1S/C21H21N5O4S2/c1-2-13-3-4-15-14(9-13)10-19(23-15)32(29,30)26-7-5-25(6-8-26)21(28)20-24-16-11-18(27)22-12-17(16)31-20/h1,3-4,9-10,18,22-23,27H,5-8,11-12H2. The van der Waals surface area contributed by atoms with Gasteiger partial charge in [-0.3, -0.25) is 10.1 Å². The third-order valence-electron chi connectivity index (χ3n) is 5.75. The molecule has 1 aromatic carbocycles. The van der Waals surface area contributed by atoms with Crippen LogP contribution in [0, 0.1) is 12.3 Å². The zero-order valence-electron chi connectivity index (χ0n) is 17.0. The maximum absolute atomic E-state index is 13.1. The van der Waals surface area contributed by atoms with E-state index < -0.39 is 16.3 Å². The van der Waals surface area contributed by atoms with Crippen molar-refractivity contribution in [2.24, 2.45) is 0 Å². The fraction of sp³-hybridized carbons (Fsp3) is 0.333. The number of hydrogen-bond acceptors (Lipinski definition) is 7. The van der Waals surface area contributed by atoms with Gasteiger partial charge in [-0.2, -0.15) is 4.31 Å². The number of carbonyl (C=O) groups excluding carboxylic acids is 1. The van der Waals surface area contributed by atoms with Crippen molar-refractivity contribution in [1.82, 2.24) is 24.5 Å². The van der Waals surface area contributed by atoms with Gasteiger partial charge in [-0.1, -0.05) is 5.92 Å². The van der Waals surface area contributed by atoms with Gasteiger partial charge >= 0.3 is 0 Å². The summed E-state index contributed by atoms with van der Waals surface area (Å²) >= 11 is 1.32. The summed E-state index contributed by atoms with van der Waals surface area (Å²) < 4.78 is 27.6. The van der Waals surface area contributed by atoms with E-state index in [0.29, 0.717) is 29.1 Å². The minimum absolute atomic E-state index is 0.111. The molecule has 1 amide bonds. The number of nitrogens with zero attached hydrogens (tertiary/aromatic N) is 3. The number of sulfonamides is 1. The summed E-state index contributed by atoms with van der Waals surface area (Å²) in [7, 11) is -3.73. The number of thiazole rings is 1. The van der Waals surface area contributed by atoms with Gasteiger partial charge in [0, 0.05) is 60.5 Å². The van der Waals surface area contributed by atoms with Crippen LogP contribution in [-0.2, 0) is 23.0 Å². The first-order valence-electron chi connectivity index (χ1n) is 10.1. The lowest BCUT2D eigenvalue weighted by atomic mass is 10.2. The van der Waals surface area contributed by atoms with Gasteiger partial charge in [0.25, 0.3) is 15.9 Å². The second-order valence-electron chi connectivity index (χ2n) is 7.77. The van der Waals surface area contributed by atoms with Crippen molar-refractivity contribution in [1.29, 1.82) is 0 Å². The third-order valence-corrected chi connectivity index (χ3v) is 8.66. The first-order valence-corrected chi connectivity index (χ1v) is 12.4. The normalized spacial score (nSPS) is 19.6. The highest BCUT2D eigenvalue weighted by Gasteiger charge is 2.33.